The molecule has 6 heteroatoms. The van der Waals surface area contributed by atoms with E-state index < -0.39 is 17.4 Å². The number of carbonyl (C=O) groups excluding carboxylic acids is 1. The minimum absolute atomic E-state index is 0.233. The Morgan fingerprint density at radius 2 is 2.16 bits per heavy atom. The highest BCUT2D eigenvalue weighted by atomic mass is 32.2. The molecule has 1 heterocycles. The number of rotatable bonds is 6. The third kappa shape index (κ3) is 5.65. The minimum atomic E-state index is -0.996. The van der Waals surface area contributed by atoms with Gasteiger partial charge in [-0.25, -0.2) is 4.79 Å². The zero-order valence-electron chi connectivity index (χ0n) is 11.3. The number of amides is 1. The second-order valence-corrected chi connectivity index (χ2v) is 7.29. The first kappa shape index (κ1) is 16.0. The van der Waals surface area contributed by atoms with Crippen LogP contribution < -0.4 is 5.32 Å². The Kier molecular flexibility index (Phi) is 5.87. The van der Waals surface area contributed by atoms with Crippen LogP contribution in [0.5, 0.6) is 0 Å². The van der Waals surface area contributed by atoms with Crippen LogP contribution in [0.1, 0.15) is 25.6 Å². The van der Waals surface area contributed by atoms with E-state index in [0.29, 0.717) is 0 Å². The Morgan fingerprint density at radius 1 is 1.47 bits per heavy atom. The molecule has 0 aliphatic rings. The summed E-state index contributed by atoms with van der Waals surface area (Å²) in [5.74, 6) is -0.177. The molecule has 1 unspecified atom stereocenters. The predicted octanol–water partition coefficient (Wildman–Crippen LogP) is 2.60. The van der Waals surface area contributed by atoms with Gasteiger partial charge in [0.25, 0.3) is 0 Å². The quantitative estimate of drug-likeness (QED) is 0.847. The topological polar surface area (TPSA) is 66.4 Å². The summed E-state index contributed by atoms with van der Waals surface area (Å²) < 4.78 is 0. The summed E-state index contributed by atoms with van der Waals surface area (Å²) in [5.41, 5.74) is -0.500. The van der Waals surface area contributed by atoms with Crippen molar-refractivity contribution in [1.82, 2.24) is 5.32 Å². The van der Waals surface area contributed by atoms with Crippen molar-refractivity contribution in [2.45, 2.75) is 32.6 Å². The van der Waals surface area contributed by atoms with Crippen molar-refractivity contribution >= 4 is 35.0 Å². The van der Waals surface area contributed by atoms with Gasteiger partial charge in [-0.05, 0) is 16.9 Å². The smallest absolute Gasteiger partial charge is 0.326 e. The van der Waals surface area contributed by atoms with E-state index in [9.17, 15) is 9.59 Å². The molecule has 1 aromatic heterocycles. The van der Waals surface area contributed by atoms with Gasteiger partial charge in [0.15, 0.2) is 0 Å². The van der Waals surface area contributed by atoms with Crippen molar-refractivity contribution < 1.29 is 14.7 Å². The summed E-state index contributed by atoms with van der Waals surface area (Å²) in [6.07, 6.45) is 0. The molecule has 0 saturated carbocycles. The van der Waals surface area contributed by atoms with Crippen LogP contribution in [-0.2, 0) is 15.3 Å². The first-order valence-corrected chi connectivity index (χ1v) is 7.96. The second-order valence-electron chi connectivity index (χ2n) is 5.28. The van der Waals surface area contributed by atoms with Crippen LogP contribution in [0, 0.1) is 5.41 Å². The van der Waals surface area contributed by atoms with Crippen molar-refractivity contribution in [3.8, 4) is 0 Å². The Balaban J connectivity index is 2.39. The van der Waals surface area contributed by atoms with Crippen LogP contribution in [0.3, 0.4) is 0 Å². The van der Waals surface area contributed by atoms with E-state index in [-0.39, 0.29) is 11.7 Å². The number of hydrogen-bond donors (Lipinski definition) is 2. The van der Waals surface area contributed by atoms with E-state index in [1.807, 2.05) is 17.5 Å². The van der Waals surface area contributed by atoms with E-state index >= 15 is 0 Å². The molecule has 0 saturated heterocycles. The maximum atomic E-state index is 11.7. The van der Waals surface area contributed by atoms with Gasteiger partial charge in [-0.3, -0.25) is 4.79 Å². The Labute approximate surface area is 121 Å². The van der Waals surface area contributed by atoms with Crippen molar-refractivity contribution in [1.29, 1.82) is 0 Å². The fourth-order valence-electron chi connectivity index (χ4n) is 1.49. The molecule has 1 atom stereocenters. The first-order valence-electron chi connectivity index (χ1n) is 5.93. The second kappa shape index (κ2) is 6.96. The third-order valence-electron chi connectivity index (χ3n) is 2.48. The van der Waals surface area contributed by atoms with Gasteiger partial charge in [-0.15, -0.1) is 23.1 Å². The maximum Gasteiger partial charge on any atom is 0.326 e. The van der Waals surface area contributed by atoms with Gasteiger partial charge in [-0.2, -0.15) is 0 Å². The van der Waals surface area contributed by atoms with Gasteiger partial charge in [0.05, 0.1) is 5.75 Å². The molecular weight excluding hydrogens is 282 g/mol. The molecule has 0 aliphatic heterocycles. The summed E-state index contributed by atoms with van der Waals surface area (Å²) in [6, 6.07) is 3.13. The molecule has 2 N–H and O–H groups in total. The number of carbonyl (C=O) groups is 2. The average Bonchev–Trinajstić information content (AvgIpc) is 2.77. The number of carboxylic acid groups (broad SMARTS) is 1. The lowest BCUT2D eigenvalue weighted by molar-refractivity contribution is -0.144. The Morgan fingerprint density at radius 3 is 2.63 bits per heavy atom. The third-order valence-corrected chi connectivity index (χ3v) is 4.52. The lowest BCUT2D eigenvalue weighted by Gasteiger charge is -2.27. The van der Waals surface area contributed by atoms with Crippen LogP contribution in [0.4, 0.5) is 0 Å². The first-order chi connectivity index (χ1) is 8.80. The fourth-order valence-corrected chi connectivity index (χ4v) is 3.17. The summed E-state index contributed by atoms with van der Waals surface area (Å²) >= 11 is 3.14. The molecular formula is C13H19NO3S2. The van der Waals surface area contributed by atoms with Crippen molar-refractivity contribution in [3.05, 3.63) is 22.4 Å². The summed E-state index contributed by atoms with van der Waals surface area (Å²) in [7, 11) is 0. The molecule has 106 valence electrons. The van der Waals surface area contributed by atoms with E-state index in [2.05, 4.69) is 5.32 Å². The SMILES string of the molecule is CC(C)(C)C(NC(=O)CSCc1cccs1)C(=O)O. The highest BCUT2D eigenvalue weighted by Gasteiger charge is 2.32. The highest BCUT2D eigenvalue weighted by molar-refractivity contribution is 7.99. The zero-order valence-corrected chi connectivity index (χ0v) is 12.9. The van der Waals surface area contributed by atoms with Crippen LogP contribution >= 0.6 is 23.1 Å². The van der Waals surface area contributed by atoms with Gasteiger partial charge in [-0.1, -0.05) is 26.8 Å². The van der Waals surface area contributed by atoms with Gasteiger partial charge < -0.3 is 10.4 Å². The van der Waals surface area contributed by atoms with Crippen molar-refractivity contribution in [3.63, 3.8) is 0 Å². The Bertz CT molecular complexity index is 424. The number of carboxylic acids is 1. The average molecular weight is 301 g/mol. The number of aliphatic carboxylic acids is 1. The number of nitrogens with one attached hydrogen (secondary N) is 1. The van der Waals surface area contributed by atoms with E-state index in [1.165, 1.54) is 16.6 Å². The normalized spacial score (nSPS) is 13.0. The zero-order chi connectivity index (χ0) is 14.5. The summed E-state index contributed by atoms with van der Waals surface area (Å²) in [5, 5.41) is 13.7. The molecule has 1 amide bonds. The van der Waals surface area contributed by atoms with E-state index in [0.717, 1.165) is 5.75 Å². The van der Waals surface area contributed by atoms with Gasteiger partial charge in [0, 0.05) is 10.6 Å². The van der Waals surface area contributed by atoms with Crippen LogP contribution in [0.25, 0.3) is 0 Å². The van der Waals surface area contributed by atoms with E-state index in [1.54, 1.807) is 32.1 Å². The van der Waals surface area contributed by atoms with Gasteiger partial charge in [0.2, 0.25) is 5.91 Å². The summed E-state index contributed by atoms with van der Waals surface area (Å²) in [4.78, 5) is 24.1. The monoisotopic (exact) mass is 301 g/mol. The lowest BCUT2D eigenvalue weighted by atomic mass is 9.87. The fraction of sp³-hybridized carbons (Fsp3) is 0.538. The molecule has 0 spiro atoms. The standard InChI is InChI=1S/C13H19NO3S2/c1-13(2,3)11(12(16)17)14-10(15)8-18-7-9-5-4-6-19-9/h4-6,11H,7-8H2,1-3H3,(H,14,15)(H,16,17). The molecule has 0 bridgehead atoms. The van der Waals surface area contributed by atoms with Gasteiger partial charge in [0.1, 0.15) is 6.04 Å². The molecule has 0 fully saturated rings. The van der Waals surface area contributed by atoms with Crippen molar-refractivity contribution in [2.24, 2.45) is 5.41 Å². The molecule has 0 aromatic carbocycles. The molecule has 0 radical (unpaired) electrons. The van der Waals surface area contributed by atoms with Crippen LogP contribution in [0.2, 0.25) is 0 Å². The minimum Gasteiger partial charge on any atom is -0.480 e. The van der Waals surface area contributed by atoms with Gasteiger partial charge >= 0.3 is 5.97 Å². The molecule has 1 rings (SSSR count). The molecule has 4 nitrogen and oxygen atoms in total. The maximum absolute atomic E-state index is 11.7. The van der Waals surface area contributed by atoms with Crippen molar-refractivity contribution in [2.75, 3.05) is 5.75 Å². The lowest BCUT2D eigenvalue weighted by Crippen LogP contribution is -2.49. The molecule has 19 heavy (non-hydrogen) atoms. The van der Waals surface area contributed by atoms with Crippen LogP contribution in [0.15, 0.2) is 17.5 Å². The number of thiophene rings is 1. The van der Waals surface area contributed by atoms with Crippen LogP contribution in [-0.4, -0.2) is 28.8 Å². The number of hydrogen-bond acceptors (Lipinski definition) is 4. The van der Waals surface area contributed by atoms with E-state index in [4.69, 9.17) is 5.11 Å². The Hall–Kier alpha value is -1.01. The highest BCUT2D eigenvalue weighted by Crippen LogP contribution is 2.20. The molecule has 0 aliphatic carbocycles. The molecule has 1 aromatic rings. The predicted molar refractivity (Wildman–Crippen MR) is 79.5 cm³/mol. The number of thioether (sulfide) groups is 1. The largest absolute Gasteiger partial charge is 0.480 e. The summed E-state index contributed by atoms with van der Waals surface area (Å²) in [6.45, 7) is 5.39.